The Hall–Kier alpha value is -2.54. The fourth-order valence-electron chi connectivity index (χ4n) is 1.43. The van der Waals surface area contributed by atoms with Crippen LogP contribution in [0.15, 0.2) is 47.8 Å². The summed E-state index contributed by atoms with van der Waals surface area (Å²) in [5, 5.41) is 10.2. The van der Waals surface area contributed by atoms with E-state index in [0.29, 0.717) is 16.3 Å². The van der Waals surface area contributed by atoms with Crippen molar-refractivity contribution in [2.45, 2.75) is 0 Å². The summed E-state index contributed by atoms with van der Waals surface area (Å²) in [5.74, 6) is -0.315. The third-order valence-electron chi connectivity index (χ3n) is 2.22. The van der Waals surface area contributed by atoms with Gasteiger partial charge in [0.15, 0.2) is 0 Å². The second-order valence-corrected chi connectivity index (χ2v) is 4.51. The van der Waals surface area contributed by atoms with Crippen molar-refractivity contribution in [3.8, 4) is 0 Å². The molecule has 2 rings (SSSR count). The van der Waals surface area contributed by atoms with Crippen LogP contribution in [0.1, 0.15) is 10.4 Å². The molecule has 0 spiro atoms. The highest BCUT2D eigenvalue weighted by molar-refractivity contribution is 7.14. The maximum atomic E-state index is 12.1. The minimum Gasteiger partial charge on any atom is -0.366 e. The van der Waals surface area contributed by atoms with Crippen LogP contribution < -0.4 is 21.7 Å². The van der Waals surface area contributed by atoms with Crippen molar-refractivity contribution in [1.82, 2.24) is 10.6 Å². The molecule has 3 amide bonds. The van der Waals surface area contributed by atoms with Gasteiger partial charge in [0.25, 0.3) is 5.91 Å². The fraction of sp³-hybridized carbons (Fsp3) is 0. The van der Waals surface area contributed by atoms with Crippen molar-refractivity contribution < 1.29 is 9.59 Å². The van der Waals surface area contributed by atoms with Gasteiger partial charge in [-0.3, -0.25) is 10.1 Å². The SMILES string of the molecule is NC(=O)Nc1sccc1C(=O)NC1=CNC=CC=C1. The molecule has 0 unspecified atom stereocenters. The Labute approximate surface area is 113 Å². The molecular weight excluding hydrogens is 264 g/mol. The number of amides is 3. The first-order valence-corrected chi connectivity index (χ1v) is 6.29. The molecule has 1 aliphatic heterocycles. The number of anilines is 1. The van der Waals surface area contributed by atoms with Gasteiger partial charge < -0.3 is 16.4 Å². The second kappa shape index (κ2) is 5.87. The molecule has 0 aliphatic carbocycles. The maximum absolute atomic E-state index is 12.1. The monoisotopic (exact) mass is 276 g/mol. The molecule has 5 N–H and O–H groups in total. The molecule has 1 aromatic heterocycles. The van der Waals surface area contributed by atoms with E-state index in [1.807, 2.05) is 0 Å². The average molecular weight is 276 g/mol. The van der Waals surface area contributed by atoms with Gasteiger partial charge in [-0.15, -0.1) is 11.3 Å². The third-order valence-corrected chi connectivity index (χ3v) is 3.05. The molecule has 98 valence electrons. The molecule has 1 aliphatic rings. The van der Waals surface area contributed by atoms with E-state index in [2.05, 4.69) is 16.0 Å². The Morgan fingerprint density at radius 1 is 1.26 bits per heavy atom. The van der Waals surface area contributed by atoms with Crippen LogP contribution in [0, 0.1) is 0 Å². The molecule has 0 saturated carbocycles. The Balaban J connectivity index is 2.10. The molecule has 1 aromatic rings. The summed E-state index contributed by atoms with van der Waals surface area (Å²) in [4.78, 5) is 22.9. The number of carbonyl (C=O) groups is 2. The van der Waals surface area contributed by atoms with Crippen molar-refractivity contribution >= 4 is 28.3 Å². The molecule has 0 saturated heterocycles. The largest absolute Gasteiger partial charge is 0.366 e. The molecule has 0 aromatic carbocycles. The van der Waals surface area contributed by atoms with Gasteiger partial charge in [0.2, 0.25) is 0 Å². The first-order valence-electron chi connectivity index (χ1n) is 5.41. The van der Waals surface area contributed by atoms with Crippen LogP contribution in [0.4, 0.5) is 9.80 Å². The summed E-state index contributed by atoms with van der Waals surface area (Å²) in [6.07, 6.45) is 8.75. The molecule has 7 heteroatoms. The number of rotatable bonds is 3. The number of nitrogens with two attached hydrogens (primary N) is 1. The Morgan fingerprint density at radius 2 is 2.11 bits per heavy atom. The van der Waals surface area contributed by atoms with E-state index < -0.39 is 6.03 Å². The number of hydrogen-bond acceptors (Lipinski definition) is 4. The van der Waals surface area contributed by atoms with E-state index in [1.54, 1.807) is 42.1 Å². The molecule has 0 fully saturated rings. The van der Waals surface area contributed by atoms with Gasteiger partial charge in [0.05, 0.1) is 11.3 Å². The predicted molar refractivity (Wildman–Crippen MR) is 74.5 cm³/mol. The van der Waals surface area contributed by atoms with E-state index in [4.69, 9.17) is 5.73 Å². The quantitative estimate of drug-likeness (QED) is 0.673. The molecular formula is C12H12N4O2S. The molecule has 6 nitrogen and oxygen atoms in total. The average Bonchev–Trinajstić information content (AvgIpc) is 2.65. The highest BCUT2D eigenvalue weighted by Crippen LogP contribution is 2.23. The molecule has 0 bridgehead atoms. The maximum Gasteiger partial charge on any atom is 0.317 e. The summed E-state index contributed by atoms with van der Waals surface area (Å²) >= 11 is 1.23. The summed E-state index contributed by atoms with van der Waals surface area (Å²) in [6.45, 7) is 0. The smallest absolute Gasteiger partial charge is 0.317 e. The lowest BCUT2D eigenvalue weighted by Crippen LogP contribution is -2.25. The number of primary amides is 1. The van der Waals surface area contributed by atoms with Gasteiger partial charge in [-0.25, -0.2) is 4.79 Å². The number of thiophene rings is 1. The van der Waals surface area contributed by atoms with E-state index in [9.17, 15) is 9.59 Å². The van der Waals surface area contributed by atoms with Crippen molar-refractivity contribution in [2.75, 3.05) is 5.32 Å². The molecule has 0 atom stereocenters. The van der Waals surface area contributed by atoms with Gasteiger partial charge in [0, 0.05) is 12.4 Å². The lowest BCUT2D eigenvalue weighted by Gasteiger charge is -2.06. The van der Waals surface area contributed by atoms with Crippen LogP contribution in [0.25, 0.3) is 0 Å². The number of urea groups is 1. The van der Waals surface area contributed by atoms with E-state index in [0.717, 1.165) is 0 Å². The summed E-state index contributed by atoms with van der Waals surface area (Å²) in [5.41, 5.74) is 6.03. The van der Waals surface area contributed by atoms with E-state index >= 15 is 0 Å². The van der Waals surface area contributed by atoms with Crippen LogP contribution in [0.2, 0.25) is 0 Å². The highest BCUT2D eigenvalue weighted by Gasteiger charge is 2.14. The number of carbonyl (C=O) groups excluding carboxylic acids is 2. The Bertz CT molecular complexity index is 586. The van der Waals surface area contributed by atoms with Gasteiger partial charge in [-0.1, -0.05) is 6.08 Å². The number of allylic oxidation sites excluding steroid dienone is 3. The zero-order valence-electron chi connectivity index (χ0n) is 9.84. The minimum absolute atomic E-state index is 0.315. The van der Waals surface area contributed by atoms with Crippen molar-refractivity contribution in [3.63, 3.8) is 0 Å². The molecule has 19 heavy (non-hydrogen) atoms. The minimum atomic E-state index is -0.698. The van der Waals surface area contributed by atoms with Crippen molar-refractivity contribution in [1.29, 1.82) is 0 Å². The number of nitrogens with one attached hydrogen (secondary N) is 3. The topological polar surface area (TPSA) is 96.2 Å². The van der Waals surface area contributed by atoms with Gasteiger partial charge >= 0.3 is 6.03 Å². The summed E-state index contributed by atoms with van der Waals surface area (Å²) < 4.78 is 0. The lowest BCUT2D eigenvalue weighted by molar-refractivity contribution is 0.0968. The van der Waals surface area contributed by atoms with Crippen LogP contribution in [-0.2, 0) is 0 Å². The Morgan fingerprint density at radius 3 is 2.89 bits per heavy atom. The number of hydrogen-bond donors (Lipinski definition) is 4. The van der Waals surface area contributed by atoms with E-state index in [1.165, 1.54) is 11.3 Å². The Kier molecular flexibility index (Phi) is 3.99. The van der Waals surface area contributed by atoms with Crippen LogP contribution in [0.3, 0.4) is 0 Å². The first kappa shape index (κ1) is 12.9. The van der Waals surface area contributed by atoms with Crippen LogP contribution >= 0.6 is 11.3 Å². The molecule has 0 radical (unpaired) electrons. The van der Waals surface area contributed by atoms with Crippen LogP contribution in [0.5, 0.6) is 0 Å². The van der Waals surface area contributed by atoms with Gasteiger partial charge in [-0.05, 0) is 23.6 Å². The zero-order chi connectivity index (χ0) is 13.7. The zero-order valence-corrected chi connectivity index (χ0v) is 10.7. The lowest BCUT2D eigenvalue weighted by atomic mass is 10.3. The highest BCUT2D eigenvalue weighted by atomic mass is 32.1. The predicted octanol–water partition coefficient (Wildman–Crippen LogP) is 1.48. The van der Waals surface area contributed by atoms with Gasteiger partial charge in [0.1, 0.15) is 5.00 Å². The normalized spacial score (nSPS) is 13.2. The summed E-state index contributed by atoms with van der Waals surface area (Å²) in [6, 6.07) is 0.925. The third kappa shape index (κ3) is 3.46. The fourth-order valence-corrected chi connectivity index (χ4v) is 2.22. The van der Waals surface area contributed by atoms with Crippen LogP contribution in [-0.4, -0.2) is 11.9 Å². The summed E-state index contributed by atoms with van der Waals surface area (Å²) in [7, 11) is 0. The van der Waals surface area contributed by atoms with Crippen molar-refractivity contribution in [2.24, 2.45) is 5.73 Å². The van der Waals surface area contributed by atoms with E-state index in [-0.39, 0.29) is 5.91 Å². The standard InChI is InChI=1S/C12H12N4O2S/c13-12(18)16-11-9(4-6-19-11)10(17)15-8-3-1-2-5-14-7-8/h1-7,14H,(H,15,17)(H3,13,16,18). The van der Waals surface area contributed by atoms with Gasteiger partial charge in [-0.2, -0.15) is 0 Å². The molecule has 2 heterocycles. The van der Waals surface area contributed by atoms with Crippen molar-refractivity contribution in [3.05, 3.63) is 53.3 Å². The first-order chi connectivity index (χ1) is 9.16. The second-order valence-electron chi connectivity index (χ2n) is 3.59.